The normalized spacial score (nSPS) is 15.9. The number of hydrogen-bond acceptors (Lipinski definition) is 5. The van der Waals surface area contributed by atoms with Gasteiger partial charge < -0.3 is 4.42 Å². The number of aryl methyl sites for hydroxylation is 1. The van der Waals surface area contributed by atoms with Crippen LogP contribution in [0.15, 0.2) is 76.2 Å². The van der Waals surface area contributed by atoms with Crippen molar-refractivity contribution in [3.63, 3.8) is 0 Å². The Morgan fingerprint density at radius 2 is 1.66 bits per heavy atom. The summed E-state index contributed by atoms with van der Waals surface area (Å²) in [4.78, 5) is 0.163. The Morgan fingerprint density at radius 1 is 0.931 bits per heavy atom. The lowest BCUT2D eigenvalue weighted by Gasteiger charge is -2.37. The van der Waals surface area contributed by atoms with E-state index >= 15 is 0 Å². The van der Waals surface area contributed by atoms with Crippen LogP contribution in [0, 0.1) is 6.92 Å². The Hall–Kier alpha value is -2.42. The molecule has 1 fully saturated rings. The molecule has 0 aliphatic carbocycles. The second kappa shape index (κ2) is 7.44. The van der Waals surface area contributed by atoms with Crippen LogP contribution in [0.4, 0.5) is 0 Å². The van der Waals surface area contributed by atoms with E-state index < -0.39 is 25.1 Å². The van der Waals surface area contributed by atoms with Gasteiger partial charge in [-0.25, -0.2) is 16.8 Å². The molecule has 1 saturated heterocycles. The molecular formula is C21H21NO5S2. The molecule has 0 bridgehead atoms. The van der Waals surface area contributed by atoms with E-state index in [4.69, 9.17) is 4.42 Å². The van der Waals surface area contributed by atoms with Gasteiger partial charge in [0.1, 0.15) is 11.5 Å². The van der Waals surface area contributed by atoms with Crippen LogP contribution in [-0.4, -0.2) is 39.5 Å². The van der Waals surface area contributed by atoms with Crippen molar-refractivity contribution in [1.82, 2.24) is 4.31 Å². The van der Waals surface area contributed by atoms with Crippen LogP contribution >= 0.6 is 0 Å². The molecular weight excluding hydrogens is 410 g/mol. The highest BCUT2D eigenvalue weighted by Crippen LogP contribution is 2.29. The second-order valence-corrected chi connectivity index (χ2v) is 11.4. The first-order valence-electron chi connectivity index (χ1n) is 9.17. The number of benzene rings is 2. The van der Waals surface area contributed by atoms with Crippen LogP contribution in [0.3, 0.4) is 0 Å². The maximum atomic E-state index is 12.8. The van der Waals surface area contributed by atoms with Gasteiger partial charge >= 0.3 is 0 Å². The predicted molar refractivity (Wildman–Crippen MR) is 110 cm³/mol. The molecule has 1 aliphatic rings. The van der Waals surface area contributed by atoms with Gasteiger partial charge in [-0.3, -0.25) is 0 Å². The van der Waals surface area contributed by atoms with Crippen molar-refractivity contribution in [2.24, 2.45) is 0 Å². The van der Waals surface area contributed by atoms with Crippen LogP contribution < -0.4 is 0 Å². The van der Waals surface area contributed by atoms with E-state index in [1.807, 2.05) is 31.2 Å². The summed E-state index contributed by atoms with van der Waals surface area (Å²) in [7, 11) is -7.19. The Balaban J connectivity index is 1.46. The van der Waals surface area contributed by atoms with Crippen molar-refractivity contribution in [1.29, 1.82) is 0 Å². The summed E-state index contributed by atoms with van der Waals surface area (Å²) < 4.78 is 56.8. The highest BCUT2D eigenvalue weighted by atomic mass is 32.2. The topological polar surface area (TPSA) is 84.7 Å². The maximum absolute atomic E-state index is 12.8. The highest BCUT2D eigenvalue weighted by Gasteiger charge is 2.43. The van der Waals surface area contributed by atoms with Gasteiger partial charge in [0, 0.05) is 13.1 Å². The van der Waals surface area contributed by atoms with Crippen LogP contribution in [0.1, 0.15) is 11.3 Å². The smallest absolute Gasteiger partial charge is 0.243 e. The molecule has 8 heteroatoms. The summed E-state index contributed by atoms with van der Waals surface area (Å²) in [5.74, 6) is 0.141. The summed E-state index contributed by atoms with van der Waals surface area (Å²) in [6, 6.07) is 17.9. The van der Waals surface area contributed by atoms with Crippen molar-refractivity contribution < 1.29 is 21.3 Å². The van der Waals surface area contributed by atoms with Gasteiger partial charge in [0.05, 0.1) is 16.4 Å². The van der Waals surface area contributed by atoms with Crippen molar-refractivity contribution in [3.8, 4) is 11.1 Å². The van der Waals surface area contributed by atoms with E-state index in [0.717, 1.165) is 16.7 Å². The maximum Gasteiger partial charge on any atom is 0.243 e. The summed E-state index contributed by atoms with van der Waals surface area (Å²) in [6.45, 7) is 1.93. The number of sulfonamides is 1. The van der Waals surface area contributed by atoms with Gasteiger partial charge in [-0.15, -0.1) is 0 Å². The average Bonchev–Trinajstić information content (AvgIpc) is 3.12. The van der Waals surface area contributed by atoms with Crippen LogP contribution in [-0.2, 0) is 25.6 Å². The van der Waals surface area contributed by atoms with E-state index in [1.165, 1.54) is 10.6 Å². The molecule has 152 valence electrons. The van der Waals surface area contributed by atoms with Crippen LogP contribution in [0.5, 0.6) is 0 Å². The van der Waals surface area contributed by atoms with Crippen LogP contribution in [0.2, 0.25) is 0 Å². The molecule has 2 aromatic carbocycles. The molecule has 2 heterocycles. The van der Waals surface area contributed by atoms with Gasteiger partial charge in [-0.1, -0.05) is 42.0 Å². The summed E-state index contributed by atoms with van der Waals surface area (Å²) in [5.41, 5.74) is 3.07. The minimum absolute atomic E-state index is 0.0367. The number of rotatable bonds is 6. The fraction of sp³-hybridized carbons (Fsp3) is 0.238. The minimum atomic E-state index is -3.72. The molecule has 6 nitrogen and oxygen atoms in total. The molecule has 0 atom stereocenters. The highest BCUT2D eigenvalue weighted by molar-refractivity contribution is 7.92. The van der Waals surface area contributed by atoms with Gasteiger partial charge in [-0.2, -0.15) is 4.31 Å². The zero-order chi connectivity index (χ0) is 20.6. The summed E-state index contributed by atoms with van der Waals surface area (Å²) >= 11 is 0. The van der Waals surface area contributed by atoms with Gasteiger partial charge in [0.15, 0.2) is 9.84 Å². The lowest BCUT2D eigenvalue weighted by molar-refractivity contribution is 0.309. The third-order valence-electron chi connectivity index (χ3n) is 5.09. The third kappa shape index (κ3) is 4.01. The molecule has 0 radical (unpaired) electrons. The van der Waals surface area contributed by atoms with E-state index in [0.29, 0.717) is 5.76 Å². The number of sulfone groups is 1. The van der Waals surface area contributed by atoms with E-state index in [-0.39, 0.29) is 23.7 Å². The van der Waals surface area contributed by atoms with Gasteiger partial charge in [-0.05, 0) is 42.3 Å². The SMILES string of the molecule is Cc1cccc(-c2ccc(S(=O)(=O)N3CC(S(=O)(=O)Cc4ccco4)C3)cc2)c1. The first-order chi connectivity index (χ1) is 13.8. The monoisotopic (exact) mass is 431 g/mol. The second-order valence-electron chi connectivity index (χ2n) is 7.22. The number of hydrogen-bond donors (Lipinski definition) is 0. The lowest BCUT2D eigenvalue weighted by Crippen LogP contribution is -2.56. The first kappa shape index (κ1) is 19.9. The Labute approximate surface area is 170 Å². The van der Waals surface area contributed by atoms with Crippen molar-refractivity contribution >= 4 is 19.9 Å². The lowest BCUT2D eigenvalue weighted by atomic mass is 10.0. The first-order valence-corrected chi connectivity index (χ1v) is 12.3. The molecule has 3 aromatic rings. The van der Waals surface area contributed by atoms with Gasteiger partial charge in [0.25, 0.3) is 0 Å². The number of nitrogens with zero attached hydrogens (tertiary/aromatic N) is 1. The average molecular weight is 432 g/mol. The molecule has 1 aliphatic heterocycles. The van der Waals surface area contributed by atoms with Crippen molar-refractivity contribution in [2.75, 3.05) is 13.1 Å². The standard InChI is InChI=1S/C21H21NO5S2/c1-16-4-2-5-18(12-16)17-7-9-20(10-8-17)29(25,26)22-13-21(14-22)28(23,24)15-19-6-3-11-27-19/h2-12,21H,13-15H2,1H3. The Kier molecular flexibility index (Phi) is 5.10. The van der Waals surface area contributed by atoms with Gasteiger partial charge in [0.2, 0.25) is 10.0 Å². The third-order valence-corrected chi connectivity index (χ3v) is 8.94. The Bertz CT molecular complexity index is 1210. The molecule has 0 unspecified atom stereocenters. The molecule has 0 N–H and O–H groups in total. The number of furan rings is 1. The minimum Gasteiger partial charge on any atom is -0.468 e. The van der Waals surface area contributed by atoms with Crippen molar-refractivity contribution in [3.05, 3.63) is 78.3 Å². The largest absolute Gasteiger partial charge is 0.468 e. The summed E-state index contributed by atoms with van der Waals surface area (Å²) in [5, 5.41) is -0.714. The predicted octanol–water partition coefficient (Wildman–Crippen LogP) is 3.24. The van der Waals surface area contributed by atoms with Crippen molar-refractivity contribution in [2.45, 2.75) is 22.8 Å². The Morgan fingerprint density at radius 3 is 2.28 bits per heavy atom. The molecule has 29 heavy (non-hydrogen) atoms. The molecule has 1 aromatic heterocycles. The molecule has 4 rings (SSSR count). The quantitative estimate of drug-likeness (QED) is 0.598. The summed E-state index contributed by atoms with van der Waals surface area (Å²) in [6.07, 6.45) is 1.42. The zero-order valence-corrected chi connectivity index (χ0v) is 17.5. The van der Waals surface area contributed by atoms with E-state index in [1.54, 1.807) is 36.4 Å². The molecule has 0 spiro atoms. The fourth-order valence-electron chi connectivity index (χ4n) is 3.33. The van der Waals surface area contributed by atoms with E-state index in [2.05, 4.69) is 0 Å². The fourth-order valence-corrected chi connectivity index (χ4v) is 6.66. The molecule has 0 saturated carbocycles. The zero-order valence-electron chi connectivity index (χ0n) is 15.9. The molecule has 0 amide bonds. The van der Waals surface area contributed by atoms with Crippen LogP contribution in [0.25, 0.3) is 11.1 Å². The van der Waals surface area contributed by atoms with E-state index in [9.17, 15) is 16.8 Å².